The van der Waals surface area contributed by atoms with Crippen LogP contribution in [0.5, 0.6) is 17.2 Å². The molecule has 1 heterocycles. The molecule has 2 aromatic carbocycles. The zero-order valence-corrected chi connectivity index (χ0v) is 23.5. The summed E-state index contributed by atoms with van der Waals surface area (Å²) in [4.78, 5) is 26.5. The Hall–Kier alpha value is -2.53. The number of hydrogen-bond acceptors (Lipinski definition) is 7. The Kier molecular flexibility index (Phi) is 9.07. The van der Waals surface area contributed by atoms with Crippen LogP contribution < -0.4 is 14.2 Å². The number of likely N-dealkylation sites (tertiary alicyclic amines) is 1. The van der Waals surface area contributed by atoms with Crippen molar-refractivity contribution in [2.24, 2.45) is 0 Å². The molecule has 1 aliphatic carbocycles. The molecule has 1 amide bonds. The Labute approximate surface area is 232 Å². The molecule has 1 saturated heterocycles. The van der Waals surface area contributed by atoms with E-state index < -0.39 is 27.9 Å². The quantitative estimate of drug-likeness (QED) is 0.425. The Balaban J connectivity index is 1.58. The van der Waals surface area contributed by atoms with Gasteiger partial charge in [-0.3, -0.25) is 4.79 Å². The molecule has 12 heteroatoms. The van der Waals surface area contributed by atoms with E-state index >= 15 is 0 Å². The van der Waals surface area contributed by atoms with Gasteiger partial charge in [0.25, 0.3) is 5.91 Å². The first kappa shape index (κ1) is 28.5. The molecule has 4 rings (SSSR count). The zero-order chi connectivity index (χ0) is 27.4. The first-order chi connectivity index (χ1) is 18.1. The number of amides is 1. The molecule has 0 unspecified atom stereocenters. The van der Waals surface area contributed by atoms with Crippen molar-refractivity contribution < 1.29 is 32.2 Å². The van der Waals surface area contributed by atoms with Crippen LogP contribution in [-0.4, -0.2) is 58.0 Å². The first-order valence-electron chi connectivity index (χ1n) is 12.4. The molecule has 38 heavy (non-hydrogen) atoms. The molecule has 0 spiro atoms. The molecule has 1 N–H and O–H groups in total. The topological polar surface area (TPSA) is 111 Å². The summed E-state index contributed by atoms with van der Waals surface area (Å²) in [6.45, 7) is 0.407. The van der Waals surface area contributed by atoms with Gasteiger partial charge in [0.15, 0.2) is 5.75 Å². The van der Waals surface area contributed by atoms with Crippen LogP contribution in [0.2, 0.25) is 10.0 Å². The van der Waals surface area contributed by atoms with Gasteiger partial charge in [-0.15, -0.1) is 0 Å². The monoisotopic (exact) mass is 584 g/mol. The van der Waals surface area contributed by atoms with Crippen molar-refractivity contribution in [1.29, 1.82) is 0 Å². The normalized spacial score (nSPS) is 18.3. The second kappa shape index (κ2) is 12.1. The average Bonchev–Trinajstić information content (AvgIpc) is 3.40. The highest BCUT2D eigenvalue weighted by Gasteiger charge is 2.35. The predicted octanol–water partition coefficient (Wildman–Crippen LogP) is 5.18. The summed E-state index contributed by atoms with van der Waals surface area (Å²) in [6.07, 6.45) is 5.80. The van der Waals surface area contributed by atoms with Gasteiger partial charge >= 0.3 is 5.97 Å². The van der Waals surface area contributed by atoms with Crippen molar-refractivity contribution in [1.82, 2.24) is 9.62 Å². The number of carbonyl (C=O) groups is 2. The standard InChI is InChI=1S/C26H30Cl2N2O7S/c1-35-22-11-10-18(15-23(22)38(33,34)29-17-7-4-3-5-8-17)37-24-19(27)13-16(14-20(24)28)25(31)30-12-6-9-21(30)26(32)36-2/h10-11,13-15,17,21,29H,3-9,12H2,1-2H3/t21-/m0/s1. The molecule has 1 atom stereocenters. The summed E-state index contributed by atoms with van der Waals surface area (Å²) < 4.78 is 45.1. The molecule has 0 bridgehead atoms. The Bertz CT molecular complexity index is 1290. The predicted molar refractivity (Wildman–Crippen MR) is 143 cm³/mol. The molecular weight excluding hydrogens is 555 g/mol. The van der Waals surface area contributed by atoms with Crippen molar-refractivity contribution >= 4 is 45.1 Å². The minimum Gasteiger partial charge on any atom is -0.495 e. The lowest BCUT2D eigenvalue weighted by Crippen LogP contribution is -2.41. The van der Waals surface area contributed by atoms with Crippen LogP contribution >= 0.6 is 23.2 Å². The third kappa shape index (κ3) is 6.20. The maximum absolute atomic E-state index is 13.2. The van der Waals surface area contributed by atoms with E-state index in [1.165, 1.54) is 49.5 Å². The number of nitrogens with zero attached hydrogens (tertiary/aromatic N) is 1. The minimum absolute atomic E-state index is 0.0511. The van der Waals surface area contributed by atoms with E-state index in [0.29, 0.717) is 19.4 Å². The summed E-state index contributed by atoms with van der Waals surface area (Å²) in [5.74, 6) is -0.478. The molecule has 1 aliphatic heterocycles. The summed E-state index contributed by atoms with van der Waals surface area (Å²) in [6, 6.07) is 6.39. The van der Waals surface area contributed by atoms with Crippen LogP contribution in [0.3, 0.4) is 0 Å². The fourth-order valence-electron chi connectivity index (χ4n) is 4.89. The van der Waals surface area contributed by atoms with E-state index in [1.807, 2.05) is 0 Å². The highest BCUT2D eigenvalue weighted by atomic mass is 35.5. The number of halogens is 2. The second-order valence-corrected chi connectivity index (χ2v) is 11.8. The van der Waals surface area contributed by atoms with E-state index in [9.17, 15) is 18.0 Å². The van der Waals surface area contributed by atoms with Gasteiger partial charge in [0.05, 0.1) is 24.3 Å². The number of benzene rings is 2. The minimum atomic E-state index is -3.89. The van der Waals surface area contributed by atoms with Crippen molar-refractivity contribution in [3.63, 3.8) is 0 Å². The number of methoxy groups -OCH3 is 2. The molecule has 206 valence electrons. The molecular formula is C26H30Cl2N2O7S. The molecule has 9 nitrogen and oxygen atoms in total. The number of nitrogens with one attached hydrogen (secondary N) is 1. The van der Waals surface area contributed by atoms with Gasteiger partial charge in [-0.05, 0) is 49.9 Å². The molecule has 2 aromatic rings. The average molecular weight is 586 g/mol. The van der Waals surface area contributed by atoms with Crippen LogP contribution in [0, 0.1) is 0 Å². The fourth-order valence-corrected chi connectivity index (χ4v) is 6.94. The molecule has 2 fully saturated rings. The van der Waals surface area contributed by atoms with E-state index in [0.717, 1.165) is 32.1 Å². The van der Waals surface area contributed by atoms with Crippen molar-refractivity contribution in [3.8, 4) is 17.2 Å². The van der Waals surface area contributed by atoms with Gasteiger partial charge in [-0.25, -0.2) is 17.9 Å². The Morgan fingerprint density at radius 2 is 1.66 bits per heavy atom. The largest absolute Gasteiger partial charge is 0.495 e. The first-order valence-corrected chi connectivity index (χ1v) is 14.6. The second-order valence-electron chi connectivity index (χ2n) is 9.32. The third-order valence-electron chi connectivity index (χ3n) is 6.80. The highest BCUT2D eigenvalue weighted by Crippen LogP contribution is 2.40. The summed E-state index contributed by atoms with van der Waals surface area (Å²) in [5, 5.41) is 0.102. The molecule has 0 aromatic heterocycles. The lowest BCUT2D eigenvalue weighted by Gasteiger charge is -2.23. The van der Waals surface area contributed by atoms with Crippen molar-refractivity contribution in [2.45, 2.75) is 61.9 Å². The lowest BCUT2D eigenvalue weighted by molar-refractivity contribution is -0.145. The van der Waals surface area contributed by atoms with Crippen LogP contribution in [0.25, 0.3) is 0 Å². The van der Waals surface area contributed by atoms with Crippen molar-refractivity contribution in [3.05, 3.63) is 45.9 Å². The Morgan fingerprint density at radius 1 is 0.974 bits per heavy atom. The number of sulfonamides is 1. The van der Waals surface area contributed by atoms with Gasteiger partial charge in [0.2, 0.25) is 10.0 Å². The molecule has 0 radical (unpaired) electrons. The van der Waals surface area contributed by atoms with Crippen LogP contribution in [-0.2, 0) is 19.6 Å². The van der Waals surface area contributed by atoms with Gasteiger partial charge < -0.3 is 19.1 Å². The maximum Gasteiger partial charge on any atom is 0.328 e. The molecule has 2 aliphatic rings. The summed E-state index contributed by atoms with van der Waals surface area (Å²) in [5.41, 5.74) is 0.192. The maximum atomic E-state index is 13.2. The SMILES string of the molecule is COC(=O)[C@@H]1CCCN1C(=O)c1cc(Cl)c(Oc2ccc(OC)c(S(=O)(=O)NC3CCCCC3)c2)c(Cl)c1. The fraction of sp³-hybridized carbons (Fsp3) is 0.462. The smallest absolute Gasteiger partial charge is 0.328 e. The zero-order valence-electron chi connectivity index (χ0n) is 21.2. The van der Waals surface area contributed by atoms with Gasteiger partial charge in [0.1, 0.15) is 22.4 Å². The number of carbonyl (C=O) groups excluding carboxylic acids is 2. The third-order valence-corrected chi connectivity index (χ3v) is 8.91. The van der Waals surface area contributed by atoms with Gasteiger partial charge in [-0.2, -0.15) is 0 Å². The summed E-state index contributed by atoms with van der Waals surface area (Å²) in [7, 11) is -1.21. The number of hydrogen-bond donors (Lipinski definition) is 1. The van der Waals surface area contributed by atoms with Crippen LogP contribution in [0.1, 0.15) is 55.3 Å². The lowest BCUT2D eigenvalue weighted by atomic mass is 9.96. The van der Waals surface area contributed by atoms with E-state index in [4.69, 9.17) is 37.4 Å². The summed E-state index contributed by atoms with van der Waals surface area (Å²) >= 11 is 12.9. The van der Waals surface area contributed by atoms with Gasteiger partial charge in [-0.1, -0.05) is 42.5 Å². The van der Waals surface area contributed by atoms with Crippen molar-refractivity contribution in [2.75, 3.05) is 20.8 Å². The van der Waals surface area contributed by atoms with Gasteiger partial charge in [0, 0.05) is 24.2 Å². The number of rotatable bonds is 8. The Morgan fingerprint density at radius 3 is 2.29 bits per heavy atom. The van der Waals surface area contributed by atoms with E-state index in [2.05, 4.69) is 4.72 Å². The van der Waals surface area contributed by atoms with Crippen LogP contribution in [0.15, 0.2) is 35.2 Å². The number of ether oxygens (including phenoxy) is 3. The highest BCUT2D eigenvalue weighted by molar-refractivity contribution is 7.89. The van der Waals surface area contributed by atoms with E-state index in [-0.39, 0.29) is 43.8 Å². The number of esters is 1. The van der Waals surface area contributed by atoms with Crippen LogP contribution in [0.4, 0.5) is 0 Å². The van der Waals surface area contributed by atoms with E-state index in [1.54, 1.807) is 0 Å². The molecule has 1 saturated carbocycles.